The third kappa shape index (κ3) is 4.89. The molecule has 0 aliphatic heterocycles. The van der Waals surface area contributed by atoms with Crippen LogP contribution in [-0.4, -0.2) is 33.0 Å². The molecule has 0 bridgehead atoms. The van der Waals surface area contributed by atoms with E-state index in [4.69, 9.17) is 0 Å². The van der Waals surface area contributed by atoms with E-state index in [-0.39, 0.29) is 29.0 Å². The van der Waals surface area contributed by atoms with Crippen LogP contribution in [0, 0.1) is 18.6 Å². The van der Waals surface area contributed by atoms with E-state index < -0.39 is 27.6 Å². The van der Waals surface area contributed by atoms with Crippen LogP contribution in [-0.2, 0) is 21.2 Å². The van der Waals surface area contributed by atoms with E-state index >= 15 is 0 Å². The van der Waals surface area contributed by atoms with Crippen LogP contribution in [0.2, 0.25) is 0 Å². The number of nitrogens with one attached hydrogen (secondary N) is 1. The number of carbonyl (C=O) groups is 1. The van der Waals surface area contributed by atoms with Crippen LogP contribution in [0.3, 0.4) is 0 Å². The Labute approximate surface area is 176 Å². The first-order chi connectivity index (χ1) is 14.2. The fourth-order valence-electron chi connectivity index (χ4n) is 2.70. The molecule has 30 heavy (non-hydrogen) atoms. The van der Waals surface area contributed by atoms with Crippen molar-refractivity contribution >= 4 is 27.3 Å². The molecule has 0 spiro atoms. The summed E-state index contributed by atoms with van der Waals surface area (Å²) in [6.45, 7) is 1.73. The number of benzene rings is 2. The van der Waals surface area contributed by atoms with E-state index in [1.54, 1.807) is 12.3 Å². The molecule has 158 valence electrons. The summed E-state index contributed by atoms with van der Waals surface area (Å²) in [5.41, 5.74) is 1.53. The van der Waals surface area contributed by atoms with Gasteiger partial charge in [-0.15, -0.1) is 11.3 Å². The number of carbonyl (C=O) groups excluding carboxylic acids is 1. The summed E-state index contributed by atoms with van der Waals surface area (Å²) in [5, 5.41) is 2.07. The quantitative estimate of drug-likeness (QED) is 0.553. The van der Waals surface area contributed by atoms with Crippen LogP contribution >= 0.6 is 11.3 Å². The van der Waals surface area contributed by atoms with Gasteiger partial charge in [0.05, 0.1) is 23.3 Å². The zero-order chi connectivity index (χ0) is 21.9. The highest BCUT2D eigenvalue weighted by molar-refractivity contribution is 7.89. The van der Waals surface area contributed by atoms with Gasteiger partial charge in [-0.25, -0.2) is 31.7 Å². The summed E-state index contributed by atoms with van der Waals surface area (Å²) in [7, 11) is -2.63. The predicted octanol–water partition coefficient (Wildman–Crippen LogP) is 3.70. The zero-order valence-electron chi connectivity index (χ0n) is 16.1. The summed E-state index contributed by atoms with van der Waals surface area (Å²) < 4.78 is 59.1. The molecule has 0 aliphatic rings. The number of aryl methyl sites for hydroxylation is 1. The Morgan fingerprint density at radius 3 is 2.67 bits per heavy atom. The highest BCUT2D eigenvalue weighted by Gasteiger charge is 2.18. The lowest BCUT2D eigenvalue weighted by Gasteiger charge is -2.09. The topological polar surface area (TPSA) is 85.4 Å². The van der Waals surface area contributed by atoms with E-state index in [1.165, 1.54) is 42.7 Å². The number of ether oxygens (including phenoxy) is 1. The van der Waals surface area contributed by atoms with Gasteiger partial charge in [-0.3, -0.25) is 0 Å². The molecule has 0 saturated heterocycles. The van der Waals surface area contributed by atoms with E-state index in [1.807, 2.05) is 0 Å². The van der Waals surface area contributed by atoms with Crippen LogP contribution in [0.5, 0.6) is 0 Å². The predicted molar refractivity (Wildman–Crippen MR) is 109 cm³/mol. The van der Waals surface area contributed by atoms with Gasteiger partial charge >= 0.3 is 5.97 Å². The highest BCUT2D eigenvalue weighted by Crippen LogP contribution is 2.27. The summed E-state index contributed by atoms with van der Waals surface area (Å²) in [6.07, 6.45) is 0.272. The van der Waals surface area contributed by atoms with Gasteiger partial charge in [0.15, 0.2) is 0 Å². The van der Waals surface area contributed by atoms with Crippen molar-refractivity contribution in [1.29, 1.82) is 0 Å². The van der Waals surface area contributed by atoms with Crippen LogP contribution in [0.4, 0.5) is 8.78 Å². The lowest BCUT2D eigenvalue weighted by molar-refractivity contribution is 0.0599. The van der Waals surface area contributed by atoms with Crippen LogP contribution in [0.25, 0.3) is 10.6 Å². The molecule has 0 amide bonds. The molecule has 10 heteroatoms. The fraction of sp³-hybridized carbons (Fsp3) is 0.200. The van der Waals surface area contributed by atoms with Crippen LogP contribution in [0.15, 0.2) is 46.7 Å². The first kappa shape index (κ1) is 22.0. The molecule has 1 aromatic heterocycles. The number of aromatic nitrogens is 1. The minimum Gasteiger partial charge on any atom is -0.465 e. The van der Waals surface area contributed by atoms with Gasteiger partial charge in [0, 0.05) is 30.0 Å². The smallest absolute Gasteiger partial charge is 0.338 e. The molecule has 0 aliphatic carbocycles. The van der Waals surface area contributed by atoms with Crippen molar-refractivity contribution in [3.63, 3.8) is 0 Å². The van der Waals surface area contributed by atoms with Crippen LogP contribution in [0.1, 0.15) is 21.6 Å². The number of hydrogen-bond donors (Lipinski definition) is 1. The average molecular weight is 453 g/mol. The molecule has 0 saturated carbocycles. The second-order valence-corrected chi connectivity index (χ2v) is 9.01. The highest BCUT2D eigenvalue weighted by atomic mass is 32.2. The Morgan fingerprint density at radius 1 is 1.20 bits per heavy atom. The van der Waals surface area contributed by atoms with Gasteiger partial charge < -0.3 is 4.74 Å². The van der Waals surface area contributed by atoms with Crippen molar-refractivity contribution in [3.8, 4) is 10.6 Å². The number of methoxy groups -OCH3 is 1. The SMILES string of the molecule is COC(=O)c1cc(S(=O)(=O)NCCc2csc(-c3ccc(F)cc3F)n2)ccc1C. The van der Waals surface area contributed by atoms with Crippen molar-refractivity contribution in [1.82, 2.24) is 9.71 Å². The molecule has 1 heterocycles. The minimum atomic E-state index is -3.85. The first-order valence-corrected chi connectivity index (χ1v) is 11.2. The van der Waals surface area contributed by atoms with Gasteiger partial charge in [-0.1, -0.05) is 6.07 Å². The maximum atomic E-state index is 13.9. The number of thiazole rings is 1. The molecular formula is C20H18F2N2O4S2. The van der Waals surface area contributed by atoms with E-state index in [0.29, 0.717) is 16.3 Å². The van der Waals surface area contributed by atoms with Gasteiger partial charge in [-0.05, 0) is 36.8 Å². The second kappa shape index (κ2) is 8.99. The summed E-state index contributed by atoms with van der Waals surface area (Å²) >= 11 is 1.18. The number of esters is 1. The third-order valence-corrected chi connectivity index (χ3v) is 6.69. The second-order valence-electron chi connectivity index (χ2n) is 6.38. The lowest BCUT2D eigenvalue weighted by Crippen LogP contribution is -2.26. The standard InChI is InChI=1S/C20H18F2N2O4S2/c1-12-3-5-15(10-17(12)20(25)28-2)30(26,27)23-8-7-14-11-29-19(24-14)16-6-4-13(21)9-18(16)22/h3-6,9-11,23H,7-8H2,1-2H3. The Morgan fingerprint density at radius 2 is 1.97 bits per heavy atom. The van der Waals surface area contributed by atoms with E-state index in [9.17, 15) is 22.0 Å². The number of nitrogens with zero attached hydrogens (tertiary/aromatic N) is 1. The molecule has 1 N–H and O–H groups in total. The Hall–Kier alpha value is -2.69. The van der Waals surface area contributed by atoms with Gasteiger partial charge in [-0.2, -0.15) is 0 Å². The number of hydrogen-bond acceptors (Lipinski definition) is 6. The van der Waals surface area contributed by atoms with Crippen molar-refractivity contribution in [2.75, 3.05) is 13.7 Å². The minimum absolute atomic E-state index is 0.0544. The molecule has 3 aromatic rings. The number of halogens is 2. The van der Waals surface area contributed by atoms with Crippen molar-refractivity contribution < 1.29 is 26.7 Å². The molecule has 0 atom stereocenters. The maximum Gasteiger partial charge on any atom is 0.338 e. The molecule has 2 aromatic carbocycles. The molecule has 6 nitrogen and oxygen atoms in total. The van der Waals surface area contributed by atoms with Crippen LogP contribution < -0.4 is 4.72 Å². The van der Waals surface area contributed by atoms with Gasteiger partial charge in [0.2, 0.25) is 10.0 Å². The molecular weight excluding hydrogens is 434 g/mol. The van der Waals surface area contributed by atoms with Crippen molar-refractivity contribution in [2.45, 2.75) is 18.2 Å². The molecule has 0 unspecified atom stereocenters. The van der Waals surface area contributed by atoms with E-state index in [2.05, 4.69) is 14.4 Å². The first-order valence-electron chi connectivity index (χ1n) is 8.79. The summed E-state index contributed by atoms with van der Waals surface area (Å²) in [5.74, 6) is -2.00. The summed E-state index contributed by atoms with van der Waals surface area (Å²) in [6, 6.07) is 7.45. The Bertz CT molecular complexity index is 1190. The monoisotopic (exact) mass is 452 g/mol. The average Bonchev–Trinajstić information content (AvgIpc) is 3.16. The summed E-state index contributed by atoms with van der Waals surface area (Å²) in [4.78, 5) is 16.0. The molecule has 3 rings (SSSR count). The molecule has 0 fully saturated rings. The Kier molecular flexibility index (Phi) is 6.59. The number of sulfonamides is 1. The normalized spacial score (nSPS) is 11.5. The van der Waals surface area contributed by atoms with Gasteiger partial charge in [0.25, 0.3) is 0 Å². The third-order valence-electron chi connectivity index (χ3n) is 4.31. The van der Waals surface area contributed by atoms with Crippen molar-refractivity contribution in [3.05, 3.63) is 70.2 Å². The zero-order valence-corrected chi connectivity index (χ0v) is 17.7. The largest absolute Gasteiger partial charge is 0.465 e. The Balaban J connectivity index is 1.68. The van der Waals surface area contributed by atoms with E-state index in [0.717, 1.165) is 12.1 Å². The lowest BCUT2D eigenvalue weighted by atomic mass is 10.1. The molecule has 0 radical (unpaired) electrons. The van der Waals surface area contributed by atoms with Crippen molar-refractivity contribution in [2.24, 2.45) is 0 Å². The number of rotatable bonds is 7. The van der Waals surface area contributed by atoms with Gasteiger partial charge in [0.1, 0.15) is 16.6 Å². The fourth-order valence-corrected chi connectivity index (χ4v) is 4.64. The maximum absolute atomic E-state index is 13.9.